The van der Waals surface area contributed by atoms with Gasteiger partial charge in [-0.05, 0) is 13.8 Å². The average molecular weight is 238 g/mol. The highest BCUT2D eigenvalue weighted by atomic mass is 16.6. The van der Waals surface area contributed by atoms with Crippen molar-refractivity contribution in [2.45, 2.75) is 26.1 Å². The molecule has 0 aliphatic carbocycles. The van der Waals surface area contributed by atoms with Crippen LogP contribution in [0.1, 0.15) is 13.8 Å². The van der Waals surface area contributed by atoms with Gasteiger partial charge in [0.15, 0.2) is 0 Å². The Morgan fingerprint density at radius 2 is 1.75 bits per heavy atom. The minimum absolute atomic E-state index is 0.0324. The van der Waals surface area contributed by atoms with Crippen LogP contribution in [0.2, 0.25) is 0 Å². The van der Waals surface area contributed by atoms with Crippen molar-refractivity contribution < 1.29 is 29.3 Å². The number of carbonyl (C=O) groups excluding carboxylic acids is 2. The number of hydrogen-bond acceptors (Lipinski definition) is 6. The van der Waals surface area contributed by atoms with Crippen LogP contribution in [-0.2, 0) is 9.47 Å². The molecule has 2 atom stereocenters. The summed E-state index contributed by atoms with van der Waals surface area (Å²) in [4.78, 5) is 19.7. The molecule has 8 nitrogen and oxygen atoms in total. The lowest BCUT2D eigenvalue weighted by molar-refractivity contribution is 0.0745. The van der Waals surface area contributed by atoms with E-state index in [0.29, 0.717) is 0 Å². The maximum atomic E-state index is 9.86. The Kier molecular flexibility index (Phi) is 10.5. The van der Waals surface area contributed by atoms with E-state index in [1.807, 2.05) is 0 Å². The number of amides is 2. The summed E-state index contributed by atoms with van der Waals surface area (Å²) in [7, 11) is 0. The van der Waals surface area contributed by atoms with E-state index in [0.717, 1.165) is 0 Å². The Morgan fingerprint density at radius 1 is 1.25 bits per heavy atom. The van der Waals surface area contributed by atoms with E-state index in [9.17, 15) is 9.59 Å². The van der Waals surface area contributed by atoms with Crippen molar-refractivity contribution in [1.82, 2.24) is 0 Å². The lowest BCUT2D eigenvalue weighted by Gasteiger charge is -2.05. The van der Waals surface area contributed by atoms with Crippen molar-refractivity contribution in [1.29, 1.82) is 0 Å². The maximum Gasteiger partial charge on any atom is 0.404 e. The second-order valence-electron chi connectivity index (χ2n) is 2.91. The first kappa shape index (κ1) is 16.9. The zero-order valence-corrected chi connectivity index (χ0v) is 9.25. The quantitative estimate of drug-likeness (QED) is 0.490. The number of ether oxygens (including phenoxy) is 2. The van der Waals surface area contributed by atoms with Crippen LogP contribution in [0, 0.1) is 0 Å². The lowest BCUT2D eigenvalue weighted by atomic mass is 10.4. The van der Waals surface area contributed by atoms with Crippen LogP contribution < -0.4 is 11.5 Å². The normalized spacial score (nSPS) is 12.8. The van der Waals surface area contributed by atoms with Crippen LogP contribution >= 0.6 is 0 Å². The first-order valence-corrected chi connectivity index (χ1v) is 4.46. The molecule has 0 aromatic carbocycles. The molecule has 0 spiro atoms. The summed E-state index contributed by atoms with van der Waals surface area (Å²) in [5.41, 5.74) is 9.17. The lowest BCUT2D eigenvalue weighted by Crippen LogP contribution is -2.22. The molecule has 0 aromatic heterocycles. The smallest absolute Gasteiger partial charge is 0.404 e. The van der Waals surface area contributed by atoms with Gasteiger partial charge in [-0.15, -0.1) is 0 Å². The van der Waals surface area contributed by atoms with Gasteiger partial charge in [-0.3, -0.25) is 0 Å². The average Bonchev–Trinajstić information content (AvgIpc) is 2.14. The Balaban J connectivity index is 0. The van der Waals surface area contributed by atoms with Gasteiger partial charge in [0.05, 0.1) is 12.7 Å². The Hall–Kier alpha value is -1.54. The SMILES string of the molecule is CC(CO)OC(N)=O.CC(O)COC(N)=O. The fraction of sp³-hybridized carbons (Fsp3) is 0.750. The van der Waals surface area contributed by atoms with Crippen LogP contribution in [0.25, 0.3) is 0 Å². The molecule has 0 rings (SSSR count). The molecule has 8 heteroatoms. The van der Waals surface area contributed by atoms with E-state index in [-0.39, 0.29) is 13.2 Å². The van der Waals surface area contributed by atoms with Crippen molar-refractivity contribution in [3.05, 3.63) is 0 Å². The predicted octanol–water partition coefficient (Wildman–Crippen LogP) is -1.07. The van der Waals surface area contributed by atoms with Crippen molar-refractivity contribution >= 4 is 12.2 Å². The number of primary amides is 2. The minimum atomic E-state index is -0.856. The van der Waals surface area contributed by atoms with Crippen molar-refractivity contribution in [2.75, 3.05) is 13.2 Å². The molecule has 2 amide bonds. The molecule has 0 saturated carbocycles. The monoisotopic (exact) mass is 238 g/mol. The number of aliphatic hydroxyl groups excluding tert-OH is 2. The van der Waals surface area contributed by atoms with Crippen LogP contribution in [-0.4, -0.2) is 47.8 Å². The number of aliphatic hydroxyl groups is 2. The Morgan fingerprint density at radius 3 is 1.88 bits per heavy atom. The van der Waals surface area contributed by atoms with E-state index >= 15 is 0 Å². The molecule has 0 fully saturated rings. The van der Waals surface area contributed by atoms with Crippen LogP contribution in [0.15, 0.2) is 0 Å². The molecule has 0 heterocycles. The van der Waals surface area contributed by atoms with Gasteiger partial charge in [-0.25, -0.2) is 9.59 Å². The highest BCUT2D eigenvalue weighted by Gasteiger charge is 2.01. The van der Waals surface area contributed by atoms with Crippen LogP contribution in [0.5, 0.6) is 0 Å². The summed E-state index contributed by atoms with van der Waals surface area (Å²) in [6.07, 6.45) is -2.84. The molecule has 96 valence electrons. The largest absolute Gasteiger partial charge is 0.447 e. The van der Waals surface area contributed by atoms with Gasteiger partial charge in [-0.2, -0.15) is 0 Å². The van der Waals surface area contributed by atoms with Crippen LogP contribution in [0.4, 0.5) is 9.59 Å². The first-order valence-electron chi connectivity index (χ1n) is 4.46. The molecule has 16 heavy (non-hydrogen) atoms. The molecule has 0 aliphatic heterocycles. The van der Waals surface area contributed by atoms with Gasteiger partial charge in [-0.1, -0.05) is 0 Å². The van der Waals surface area contributed by atoms with Gasteiger partial charge >= 0.3 is 12.2 Å². The highest BCUT2D eigenvalue weighted by Crippen LogP contribution is 1.85. The second-order valence-corrected chi connectivity index (χ2v) is 2.91. The molecule has 0 bridgehead atoms. The molecule has 0 aliphatic rings. The van der Waals surface area contributed by atoms with E-state index in [1.165, 1.54) is 6.92 Å². The van der Waals surface area contributed by atoms with E-state index in [2.05, 4.69) is 20.9 Å². The molecule has 0 aromatic rings. The Labute approximate surface area is 93.1 Å². The fourth-order valence-corrected chi connectivity index (χ4v) is 0.438. The second kappa shape index (κ2) is 9.99. The highest BCUT2D eigenvalue weighted by molar-refractivity contribution is 5.64. The van der Waals surface area contributed by atoms with Crippen LogP contribution in [0.3, 0.4) is 0 Å². The fourth-order valence-electron chi connectivity index (χ4n) is 0.438. The van der Waals surface area contributed by atoms with Crippen molar-refractivity contribution in [3.63, 3.8) is 0 Å². The van der Waals surface area contributed by atoms with Gasteiger partial charge in [0.2, 0.25) is 0 Å². The third-order valence-electron chi connectivity index (χ3n) is 1.04. The van der Waals surface area contributed by atoms with Gasteiger partial charge in [0, 0.05) is 0 Å². The van der Waals surface area contributed by atoms with Gasteiger partial charge in [0.25, 0.3) is 0 Å². The third kappa shape index (κ3) is 18.3. The summed E-state index contributed by atoms with van der Waals surface area (Å²) in [6.45, 7) is 2.83. The maximum absolute atomic E-state index is 9.86. The minimum Gasteiger partial charge on any atom is -0.447 e. The number of hydrogen-bond donors (Lipinski definition) is 4. The van der Waals surface area contributed by atoms with Gasteiger partial charge in [0.1, 0.15) is 12.7 Å². The van der Waals surface area contributed by atoms with E-state index in [4.69, 9.17) is 10.2 Å². The summed E-state index contributed by atoms with van der Waals surface area (Å²) in [5, 5.41) is 16.7. The standard InChI is InChI=1S/2C4H9NO3/c1-3(6)2-8-4(5)7;1-3(2-6)8-4(5)7/h2*3,6H,2H2,1H3,(H2,5,7). The molecular formula is C8H18N2O6. The Bertz CT molecular complexity index is 209. The first-order chi connectivity index (χ1) is 7.29. The summed E-state index contributed by atoms with van der Waals surface area (Å²) in [6, 6.07) is 0. The number of nitrogens with two attached hydrogens (primary N) is 2. The molecule has 0 radical (unpaired) electrons. The predicted molar refractivity (Wildman–Crippen MR) is 54.4 cm³/mol. The third-order valence-corrected chi connectivity index (χ3v) is 1.04. The molecular weight excluding hydrogens is 220 g/mol. The van der Waals surface area contributed by atoms with Gasteiger partial charge < -0.3 is 31.2 Å². The summed E-state index contributed by atoms with van der Waals surface area (Å²) in [5.74, 6) is 0. The van der Waals surface area contributed by atoms with Crippen molar-refractivity contribution in [2.24, 2.45) is 11.5 Å². The number of rotatable bonds is 4. The molecule has 0 saturated heterocycles. The summed E-state index contributed by atoms with van der Waals surface area (Å²) < 4.78 is 8.48. The molecule has 2 unspecified atom stereocenters. The van der Waals surface area contributed by atoms with Crippen molar-refractivity contribution in [3.8, 4) is 0 Å². The van der Waals surface area contributed by atoms with E-state index < -0.39 is 24.4 Å². The zero-order chi connectivity index (χ0) is 13.1. The topological polar surface area (TPSA) is 145 Å². The summed E-state index contributed by atoms with van der Waals surface area (Å²) >= 11 is 0. The number of carbonyl (C=O) groups is 2. The van der Waals surface area contributed by atoms with E-state index in [1.54, 1.807) is 6.92 Å². The molecule has 6 N–H and O–H groups in total. The zero-order valence-electron chi connectivity index (χ0n) is 9.25.